The van der Waals surface area contributed by atoms with Gasteiger partial charge in [0.25, 0.3) is 0 Å². The maximum Gasteiger partial charge on any atom is 0.416 e. The second-order valence-corrected chi connectivity index (χ2v) is 9.87. The van der Waals surface area contributed by atoms with Gasteiger partial charge < -0.3 is 11.1 Å². The lowest BCUT2D eigenvalue weighted by Gasteiger charge is -2.35. The number of hydrogen-bond donors (Lipinski definition) is 2. The summed E-state index contributed by atoms with van der Waals surface area (Å²) in [5.74, 6) is 0.514. The van der Waals surface area contributed by atoms with Crippen molar-refractivity contribution in [3.8, 4) is 11.1 Å². The van der Waals surface area contributed by atoms with E-state index in [0.717, 1.165) is 37.6 Å². The molecule has 3 atom stereocenters. The number of likely N-dealkylation sites (tertiary alicyclic amines) is 1. The zero-order valence-corrected chi connectivity index (χ0v) is 18.3. The lowest BCUT2D eigenvalue weighted by molar-refractivity contribution is -0.137. The summed E-state index contributed by atoms with van der Waals surface area (Å²) in [7, 11) is 0. The first kappa shape index (κ1) is 21.9. The van der Waals surface area contributed by atoms with Gasteiger partial charge in [-0.1, -0.05) is 36.4 Å². The van der Waals surface area contributed by atoms with Crippen molar-refractivity contribution in [1.82, 2.24) is 10.2 Å². The number of hydrogen-bond acceptors (Lipinski definition) is 3. The van der Waals surface area contributed by atoms with Crippen molar-refractivity contribution >= 4 is 0 Å². The highest BCUT2D eigenvalue weighted by Gasteiger charge is 2.40. The topological polar surface area (TPSA) is 41.3 Å². The maximum atomic E-state index is 13.0. The minimum Gasteiger partial charge on any atom is -0.326 e. The van der Waals surface area contributed by atoms with Gasteiger partial charge >= 0.3 is 6.18 Å². The molecule has 3 aliphatic rings. The fourth-order valence-electron chi connectivity index (χ4n) is 5.60. The molecule has 2 aromatic rings. The fourth-order valence-corrected chi connectivity index (χ4v) is 5.60. The molecule has 3 nitrogen and oxygen atoms in total. The number of nitrogens with zero attached hydrogens (tertiary/aromatic N) is 1. The van der Waals surface area contributed by atoms with Crippen LogP contribution in [-0.2, 0) is 6.18 Å². The Hall–Kier alpha value is -1.89. The summed E-state index contributed by atoms with van der Waals surface area (Å²) in [5, 5.41) is 3.86. The Kier molecular flexibility index (Phi) is 6.03. The van der Waals surface area contributed by atoms with E-state index in [1.807, 2.05) is 12.1 Å². The van der Waals surface area contributed by atoms with E-state index < -0.39 is 11.7 Å². The van der Waals surface area contributed by atoms with Gasteiger partial charge in [-0.25, -0.2) is 0 Å². The molecule has 0 bridgehead atoms. The van der Waals surface area contributed by atoms with E-state index in [9.17, 15) is 13.2 Å². The van der Waals surface area contributed by atoms with Crippen LogP contribution in [0, 0.1) is 0 Å². The van der Waals surface area contributed by atoms with E-state index in [0.29, 0.717) is 35.6 Å². The summed E-state index contributed by atoms with van der Waals surface area (Å²) in [4.78, 5) is 2.59. The van der Waals surface area contributed by atoms with Crippen molar-refractivity contribution < 1.29 is 13.2 Å². The second kappa shape index (κ2) is 8.81. The summed E-state index contributed by atoms with van der Waals surface area (Å²) >= 11 is 0. The van der Waals surface area contributed by atoms with E-state index >= 15 is 0 Å². The normalized spacial score (nSPS) is 31.1. The van der Waals surface area contributed by atoms with Crippen LogP contribution in [0.1, 0.15) is 55.6 Å². The first-order valence-electron chi connectivity index (χ1n) is 11.9. The first-order chi connectivity index (χ1) is 15.4. The monoisotopic (exact) mass is 443 g/mol. The Labute approximate surface area is 188 Å². The standard InChI is InChI=1S/C26H32F3N3/c27-26(28,29)20-3-1-2-19(14-20)17-4-6-18(7-5-17)24-15-25(24)31-22-8-10-23(11-9-22)32-13-12-21(30)16-32/h1-7,14,21-25,31H,8-13,15-16,30H2/t21-,22?,23?,24?,25?/m1/s1. The van der Waals surface area contributed by atoms with E-state index in [-0.39, 0.29) is 0 Å². The SMILES string of the molecule is N[C@@H]1CCN(C2CCC(NC3CC3c3ccc(-c4cccc(C(F)(F)F)c4)cc3)CC2)C1. The lowest BCUT2D eigenvalue weighted by atomic mass is 9.90. The molecule has 172 valence electrons. The maximum absolute atomic E-state index is 13.0. The molecular weight excluding hydrogens is 411 g/mol. The molecule has 0 amide bonds. The summed E-state index contributed by atoms with van der Waals surface area (Å²) in [5.41, 5.74) is 8.17. The summed E-state index contributed by atoms with van der Waals surface area (Å²) in [6.07, 6.45) is 2.94. The van der Waals surface area contributed by atoms with E-state index in [2.05, 4.69) is 22.3 Å². The molecule has 0 spiro atoms. The van der Waals surface area contributed by atoms with Gasteiger partial charge in [-0.15, -0.1) is 0 Å². The van der Waals surface area contributed by atoms with Crippen molar-refractivity contribution in [3.05, 3.63) is 59.7 Å². The van der Waals surface area contributed by atoms with E-state index in [4.69, 9.17) is 5.73 Å². The van der Waals surface area contributed by atoms with Crippen molar-refractivity contribution in [2.45, 2.75) is 74.8 Å². The Morgan fingerprint density at radius 3 is 2.31 bits per heavy atom. The zero-order valence-electron chi connectivity index (χ0n) is 18.3. The average Bonchev–Trinajstić information content (AvgIpc) is 3.42. The summed E-state index contributed by atoms with van der Waals surface area (Å²) in [6.45, 7) is 2.22. The highest BCUT2D eigenvalue weighted by molar-refractivity contribution is 5.65. The highest BCUT2D eigenvalue weighted by atomic mass is 19.4. The third kappa shape index (κ3) is 4.87. The molecule has 1 heterocycles. The quantitative estimate of drug-likeness (QED) is 0.671. The van der Waals surface area contributed by atoms with Gasteiger partial charge in [0.05, 0.1) is 5.56 Å². The molecule has 1 saturated heterocycles. The Morgan fingerprint density at radius 1 is 0.906 bits per heavy atom. The van der Waals surface area contributed by atoms with Crippen LogP contribution >= 0.6 is 0 Å². The Balaban J connectivity index is 1.13. The number of nitrogens with two attached hydrogens (primary N) is 1. The minimum absolute atomic E-state index is 0.359. The number of nitrogens with one attached hydrogen (secondary N) is 1. The van der Waals surface area contributed by atoms with Crippen LogP contribution in [-0.4, -0.2) is 42.2 Å². The van der Waals surface area contributed by atoms with Crippen molar-refractivity contribution in [3.63, 3.8) is 0 Å². The molecule has 0 radical (unpaired) electrons. The van der Waals surface area contributed by atoms with Crippen molar-refractivity contribution in [2.24, 2.45) is 5.73 Å². The molecule has 3 N–H and O–H groups in total. The van der Waals surface area contributed by atoms with Gasteiger partial charge in [0.1, 0.15) is 0 Å². The highest BCUT2D eigenvalue weighted by Crippen LogP contribution is 2.42. The first-order valence-corrected chi connectivity index (χ1v) is 11.9. The average molecular weight is 444 g/mol. The van der Waals surface area contributed by atoms with Crippen LogP contribution in [0.2, 0.25) is 0 Å². The van der Waals surface area contributed by atoms with Gasteiger partial charge in [-0.05, 0) is 67.3 Å². The molecule has 5 rings (SSSR count). The molecule has 1 aliphatic heterocycles. The second-order valence-electron chi connectivity index (χ2n) is 9.87. The third-order valence-corrected chi connectivity index (χ3v) is 7.57. The molecule has 0 aromatic heterocycles. The van der Waals surface area contributed by atoms with Crippen LogP contribution in [0.5, 0.6) is 0 Å². The smallest absolute Gasteiger partial charge is 0.326 e. The van der Waals surface area contributed by atoms with Crippen LogP contribution in [0.3, 0.4) is 0 Å². The van der Waals surface area contributed by atoms with Gasteiger partial charge in [-0.3, -0.25) is 4.90 Å². The molecule has 6 heteroatoms. The number of rotatable bonds is 5. The van der Waals surface area contributed by atoms with Crippen molar-refractivity contribution in [1.29, 1.82) is 0 Å². The van der Waals surface area contributed by atoms with Crippen LogP contribution in [0.25, 0.3) is 11.1 Å². The van der Waals surface area contributed by atoms with Crippen LogP contribution in [0.4, 0.5) is 13.2 Å². The summed E-state index contributed by atoms with van der Waals surface area (Å²) in [6, 6.07) is 15.8. The Morgan fingerprint density at radius 2 is 1.66 bits per heavy atom. The third-order valence-electron chi connectivity index (χ3n) is 7.57. The van der Waals surface area contributed by atoms with Gasteiger partial charge in [0.15, 0.2) is 0 Å². The predicted octanol–water partition coefficient (Wildman–Crippen LogP) is 5.16. The van der Waals surface area contributed by atoms with Gasteiger partial charge in [-0.2, -0.15) is 13.2 Å². The molecular formula is C26H32F3N3. The van der Waals surface area contributed by atoms with Gasteiger partial charge in [0, 0.05) is 43.2 Å². The molecule has 2 saturated carbocycles. The van der Waals surface area contributed by atoms with E-state index in [1.54, 1.807) is 6.07 Å². The van der Waals surface area contributed by atoms with E-state index in [1.165, 1.54) is 43.4 Å². The number of alkyl halides is 3. The molecule has 32 heavy (non-hydrogen) atoms. The predicted molar refractivity (Wildman–Crippen MR) is 121 cm³/mol. The van der Waals surface area contributed by atoms with Crippen LogP contribution in [0.15, 0.2) is 48.5 Å². The van der Waals surface area contributed by atoms with Crippen molar-refractivity contribution in [2.75, 3.05) is 13.1 Å². The van der Waals surface area contributed by atoms with Crippen LogP contribution < -0.4 is 11.1 Å². The lowest BCUT2D eigenvalue weighted by Crippen LogP contribution is -2.43. The molecule has 3 fully saturated rings. The zero-order chi connectivity index (χ0) is 22.3. The largest absolute Gasteiger partial charge is 0.416 e. The Bertz CT molecular complexity index is 919. The molecule has 2 unspecified atom stereocenters. The summed E-state index contributed by atoms with van der Waals surface area (Å²) < 4.78 is 39.0. The molecule has 2 aliphatic carbocycles. The molecule has 2 aromatic carbocycles. The number of benzene rings is 2. The minimum atomic E-state index is -4.32. The number of halogens is 3. The fraction of sp³-hybridized carbons (Fsp3) is 0.538. The van der Waals surface area contributed by atoms with Gasteiger partial charge in [0.2, 0.25) is 0 Å².